The number of nitrogens with zero attached hydrogens (tertiary/aromatic N) is 4. The van der Waals surface area contributed by atoms with E-state index in [0.29, 0.717) is 12.3 Å². The number of primary amides is 1. The first-order valence-corrected chi connectivity index (χ1v) is 10.1. The average Bonchev–Trinajstić information content (AvgIpc) is 3.31. The number of hydrogen-bond acceptors (Lipinski definition) is 4. The SMILES string of the molecule is Cl.N#Cc1c2c(c(N3CCC(CC(N)=O)CC3)n3c1nc1ccccc13)CCC2. The smallest absolute Gasteiger partial charge is 0.217 e. The zero-order chi connectivity index (χ0) is 19.3. The van der Waals surface area contributed by atoms with Crippen molar-refractivity contribution in [2.45, 2.75) is 38.5 Å². The van der Waals surface area contributed by atoms with Gasteiger partial charge in [0.1, 0.15) is 11.9 Å². The zero-order valence-electron chi connectivity index (χ0n) is 16.2. The van der Waals surface area contributed by atoms with Crippen LogP contribution in [-0.4, -0.2) is 28.4 Å². The standard InChI is InChI=1S/C22H23N5O.ClH/c23-13-17-15-4-3-5-16(15)22(26-10-8-14(9-11-26)12-20(24)28)27-19-7-2-1-6-18(19)25-21(17)27;/h1-2,6-7,14H,3-5,8-12H2,(H2,24,28);1H. The van der Waals surface area contributed by atoms with E-state index in [-0.39, 0.29) is 18.3 Å². The van der Waals surface area contributed by atoms with Gasteiger partial charge in [0.25, 0.3) is 0 Å². The van der Waals surface area contributed by atoms with Crippen molar-refractivity contribution in [3.63, 3.8) is 0 Å². The van der Waals surface area contributed by atoms with Crippen molar-refractivity contribution < 1.29 is 4.79 Å². The van der Waals surface area contributed by atoms with Gasteiger partial charge in [-0.25, -0.2) is 4.98 Å². The Hall–Kier alpha value is -2.78. The molecule has 1 aliphatic carbocycles. The first kappa shape index (κ1) is 19.5. The summed E-state index contributed by atoms with van der Waals surface area (Å²) in [4.78, 5) is 18.6. The summed E-state index contributed by atoms with van der Waals surface area (Å²) in [6, 6.07) is 10.5. The molecule has 150 valence electrons. The van der Waals surface area contributed by atoms with Gasteiger partial charge in [0.05, 0.1) is 16.6 Å². The van der Waals surface area contributed by atoms with E-state index in [1.165, 1.54) is 16.9 Å². The van der Waals surface area contributed by atoms with Crippen molar-refractivity contribution in [2.75, 3.05) is 18.0 Å². The summed E-state index contributed by atoms with van der Waals surface area (Å²) < 4.78 is 2.20. The monoisotopic (exact) mass is 409 g/mol. The molecule has 3 aromatic rings. The average molecular weight is 410 g/mol. The number of carbonyl (C=O) groups excluding carboxylic acids is 1. The van der Waals surface area contributed by atoms with Gasteiger partial charge in [-0.15, -0.1) is 12.4 Å². The Bertz CT molecular complexity index is 1140. The highest BCUT2D eigenvalue weighted by Gasteiger charge is 2.30. The molecule has 2 N–H and O–H groups in total. The van der Waals surface area contributed by atoms with Crippen LogP contribution in [0.1, 0.15) is 42.4 Å². The Balaban J connectivity index is 0.00000205. The van der Waals surface area contributed by atoms with Crippen molar-refractivity contribution in [2.24, 2.45) is 11.7 Å². The van der Waals surface area contributed by atoms with Crippen LogP contribution in [0.15, 0.2) is 24.3 Å². The number of carbonyl (C=O) groups is 1. The highest BCUT2D eigenvalue weighted by atomic mass is 35.5. The molecule has 0 atom stereocenters. The number of fused-ring (bicyclic) bond motifs is 4. The highest BCUT2D eigenvalue weighted by Crippen LogP contribution is 2.39. The van der Waals surface area contributed by atoms with E-state index in [9.17, 15) is 10.1 Å². The number of hydrogen-bond donors (Lipinski definition) is 1. The third-order valence-electron chi connectivity index (χ3n) is 6.30. The number of nitriles is 1. The van der Waals surface area contributed by atoms with E-state index >= 15 is 0 Å². The molecule has 0 saturated carbocycles. The predicted molar refractivity (Wildman–Crippen MR) is 115 cm³/mol. The van der Waals surface area contributed by atoms with Crippen molar-refractivity contribution in [1.82, 2.24) is 9.38 Å². The summed E-state index contributed by atoms with van der Waals surface area (Å²) >= 11 is 0. The lowest BCUT2D eigenvalue weighted by molar-refractivity contribution is -0.119. The van der Waals surface area contributed by atoms with Gasteiger partial charge in [-0.1, -0.05) is 12.1 Å². The molecule has 0 spiro atoms. The topological polar surface area (TPSA) is 87.4 Å². The second-order valence-electron chi connectivity index (χ2n) is 7.98. The first-order valence-electron chi connectivity index (χ1n) is 10.1. The van der Waals surface area contributed by atoms with Gasteiger partial charge in [0.15, 0.2) is 5.65 Å². The molecular formula is C22H24ClN5O. The van der Waals surface area contributed by atoms with Crippen molar-refractivity contribution >= 4 is 40.8 Å². The van der Waals surface area contributed by atoms with Crippen LogP contribution < -0.4 is 10.6 Å². The van der Waals surface area contributed by atoms with Crippen LogP contribution in [0.25, 0.3) is 16.7 Å². The molecule has 1 aromatic carbocycles. The summed E-state index contributed by atoms with van der Waals surface area (Å²) in [5.41, 5.74) is 11.4. The van der Waals surface area contributed by atoms with E-state index in [4.69, 9.17) is 10.7 Å². The highest BCUT2D eigenvalue weighted by molar-refractivity contribution is 5.86. The lowest BCUT2D eigenvalue weighted by Crippen LogP contribution is -2.36. The van der Waals surface area contributed by atoms with Gasteiger partial charge >= 0.3 is 0 Å². The van der Waals surface area contributed by atoms with Crippen LogP contribution in [-0.2, 0) is 17.6 Å². The molecule has 0 bridgehead atoms. The summed E-state index contributed by atoms with van der Waals surface area (Å²) in [5, 5.41) is 9.88. The molecule has 3 heterocycles. The number of rotatable bonds is 3. The van der Waals surface area contributed by atoms with Gasteiger partial charge in [-0.3, -0.25) is 9.20 Å². The fourth-order valence-electron chi connectivity index (χ4n) is 5.03. The van der Waals surface area contributed by atoms with E-state index in [1.807, 2.05) is 18.2 Å². The molecule has 1 amide bonds. The Morgan fingerprint density at radius 1 is 1.21 bits per heavy atom. The number of pyridine rings is 1. The van der Waals surface area contributed by atoms with E-state index in [0.717, 1.165) is 67.4 Å². The number of halogens is 1. The fourth-order valence-corrected chi connectivity index (χ4v) is 5.03. The molecular weight excluding hydrogens is 386 g/mol. The molecule has 0 unspecified atom stereocenters. The molecule has 29 heavy (non-hydrogen) atoms. The molecule has 1 saturated heterocycles. The van der Waals surface area contributed by atoms with Crippen LogP contribution >= 0.6 is 12.4 Å². The summed E-state index contributed by atoms with van der Waals surface area (Å²) in [6.07, 6.45) is 5.44. The summed E-state index contributed by atoms with van der Waals surface area (Å²) in [5.74, 6) is 1.36. The molecule has 2 aromatic heterocycles. The molecule has 1 fully saturated rings. The number of aromatic nitrogens is 2. The Labute approximate surface area is 175 Å². The minimum Gasteiger partial charge on any atom is -0.370 e. The number of imidazole rings is 1. The lowest BCUT2D eigenvalue weighted by Gasteiger charge is -2.35. The number of anilines is 1. The van der Waals surface area contributed by atoms with E-state index < -0.39 is 0 Å². The molecule has 0 radical (unpaired) electrons. The normalized spacial score (nSPS) is 16.6. The third kappa shape index (κ3) is 3.10. The largest absolute Gasteiger partial charge is 0.370 e. The van der Waals surface area contributed by atoms with Crippen LogP contribution in [0.3, 0.4) is 0 Å². The van der Waals surface area contributed by atoms with E-state index in [1.54, 1.807) is 0 Å². The molecule has 7 heteroatoms. The molecule has 2 aliphatic rings. The van der Waals surface area contributed by atoms with Crippen LogP contribution in [0.2, 0.25) is 0 Å². The number of amides is 1. The Morgan fingerprint density at radius 2 is 1.93 bits per heavy atom. The Kier molecular flexibility index (Phi) is 5.10. The first-order chi connectivity index (χ1) is 13.7. The number of benzene rings is 1. The summed E-state index contributed by atoms with van der Waals surface area (Å²) in [6.45, 7) is 1.80. The van der Waals surface area contributed by atoms with Gasteiger partial charge in [0, 0.05) is 19.5 Å². The minimum absolute atomic E-state index is 0. The predicted octanol–water partition coefficient (Wildman–Crippen LogP) is 3.36. The zero-order valence-corrected chi connectivity index (χ0v) is 17.0. The minimum atomic E-state index is -0.208. The molecule has 6 nitrogen and oxygen atoms in total. The third-order valence-corrected chi connectivity index (χ3v) is 6.30. The maximum Gasteiger partial charge on any atom is 0.217 e. The number of nitrogens with two attached hydrogens (primary N) is 1. The van der Waals surface area contributed by atoms with Crippen molar-refractivity contribution in [3.8, 4) is 6.07 Å². The van der Waals surface area contributed by atoms with Crippen molar-refractivity contribution in [1.29, 1.82) is 5.26 Å². The van der Waals surface area contributed by atoms with Gasteiger partial charge in [-0.05, 0) is 61.3 Å². The van der Waals surface area contributed by atoms with E-state index in [2.05, 4.69) is 21.4 Å². The molecule has 5 rings (SSSR count). The summed E-state index contributed by atoms with van der Waals surface area (Å²) in [7, 11) is 0. The van der Waals surface area contributed by atoms with Crippen molar-refractivity contribution in [3.05, 3.63) is 41.0 Å². The van der Waals surface area contributed by atoms with Gasteiger partial charge in [-0.2, -0.15) is 5.26 Å². The Morgan fingerprint density at radius 3 is 2.66 bits per heavy atom. The van der Waals surface area contributed by atoms with Crippen LogP contribution in [0.4, 0.5) is 5.82 Å². The van der Waals surface area contributed by atoms with Crippen LogP contribution in [0, 0.1) is 17.2 Å². The fraction of sp³-hybridized carbons (Fsp3) is 0.409. The second-order valence-corrected chi connectivity index (χ2v) is 7.98. The number of para-hydroxylation sites is 2. The van der Waals surface area contributed by atoms with Gasteiger partial charge < -0.3 is 10.6 Å². The lowest BCUT2D eigenvalue weighted by atomic mass is 9.93. The molecule has 1 aliphatic heterocycles. The maximum atomic E-state index is 11.3. The quantitative estimate of drug-likeness (QED) is 0.718. The maximum absolute atomic E-state index is 11.3. The second kappa shape index (κ2) is 7.57. The van der Waals surface area contributed by atoms with Crippen LogP contribution in [0.5, 0.6) is 0 Å². The number of piperidine rings is 1. The van der Waals surface area contributed by atoms with Gasteiger partial charge in [0.2, 0.25) is 5.91 Å².